The molecule has 1 aromatic rings. The Morgan fingerprint density at radius 1 is 1.43 bits per heavy atom. The molecule has 14 heavy (non-hydrogen) atoms. The molecule has 2 rings (SSSR count). The smallest absolute Gasteiger partial charge is 0.370 e. The highest BCUT2D eigenvalue weighted by Gasteiger charge is 2.29. The normalized spacial score (nSPS) is 17.1. The molecule has 2 bridgehead atoms. The molecule has 0 atom stereocenters. The molecule has 0 saturated heterocycles. The van der Waals surface area contributed by atoms with Crippen molar-refractivity contribution >= 4 is 25.9 Å². The van der Waals surface area contributed by atoms with E-state index in [1.165, 1.54) is 12.1 Å². The van der Waals surface area contributed by atoms with Gasteiger partial charge in [-0.05, 0) is 12.1 Å². The molecule has 1 aromatic carbocycles. The van der Waals surface area contributed by atoms with E-state index < -0.39 is 15.1 Å². The summed E-state index contributed by atoms with van der Waals surface area (Å²) < 4.78 is 26.8. The van der Waals surface area contributed by atoms with Crippen LogP contribution in [-0.2, 0) is 9.15 Å². The Bertz CT molecular complexity index is 478. The number of carbonyl (C=O) groups excluding carboxylic acids is 1. The Morgan fingerprint density at radius 3 is 2.71 bits per heavy atom. The number of fused-ring (bicyclic) bond motifs is 2. The number of benzene rings is 1. The molecule has 2 N–H and O–H groups in total. The van der Waals surface area contributed by atoms with E-state index in [0.717, 1.165) is 0 Å². The van der Waals surface area contributed by atoms with Crippen molar-refractivity contribution in [2.75, 3.05) is 0 Å². The number of carbonyl (C=O) groups is 1. The fourth-order valence-electron chi connectivity index (χ4n) is 1.13. The quantitative estimate of drug-likeness (QED) is 0.712. The van der Waals surface area contributed by atoms with E-state index in [2.05, 4.69) is 4.18 Å². The highest BCUT2D eigenvalue weighted by molar-refractivity contribution is 8.70. The average molecular weight is 231 g/mol. The first-order valence-electron chi connectivity index (χ1n) is 3.56. The minimum Gasteiger partial charge on any atom is -0.373 e. The Hall–Kier alpha value is -1.21. The van der Waals surface area contributed by atoms with E-state index in [1.807, 2.05) is 0 Å². The number of amides is 1. The molecule has 0 saturated carbocycles. The molecular formula is C7H5NO4S2. The van der Waals surface area contributed by atoms with Gasteiger partial charge in [-0.25, -0.2) is 0 Å². The van der Waals surface area contributed by atoms with Gasteiger partial charge in [0.25, 0.3) is 5.91 Å². The lowest BCUT2D eigenvalue weighted by Crippen LogP contribution is -2.19. The van der Waals surface area contributed by atoms with E-state index >= 15 is 0 Å². The van der Waals surface area contributed by atoms with Gasteiger partial charge in [0.05, 0.1) is 5.56 Å². The van der Waals surface area contributed by atoms with Crippen molar-refractivity contribution in [1.29, 1.82) is 0 Å². The SMILES string of the molecule is NC(=O)c1c2cccc1SS(=O)(=O)O2. The van der Waals surface area contributed by atoms with Gasteiger partial charge in [-0.2, -0.15) is 8.42 Å². The second-order valence-electron chi connectivity index (χ2n) is 2.57. The zero-order valence-electron chi connectivity index (χ0n) is 6.76. The van der Waals surface area contributed by atoms with E-state index in [1.54, 1.807) is 6.07 Å². The highest BCUT2D eigenvalue weighted by Crippen LogP contribution is 2.39. The van der Waals surface area contributed by atoms with Crippen LogP contribution in [0, 0.1) is 0 Å². The number of rotatable bonds is 1. The standard InChI is InChI=1S/C7H5NO4S2/c8-7(9)6-4-2-1-3-5(6)13-14(10,11)12-4/h1-3H,(H2,8,9). The summed E-state index contributed by atoms with van der Waals surface area (Å²) in [6.07, 6.45) is 0. The van der Waals surface area contributed by atoms with Crippen molar-refractivity contribution in [3.05, 3.63) is 23.8 Å². The Kier molecular flexibility index (Phi) is 1.93. The number of hydrogen-bond donors (Lipinski definition) is 1. The Morgan fingerprint density at radius 2 is 2.14 bits per heavy atom. The highest BCUT2D eigenvalue weighted by atomic mass is 33.1. The maximum absolute atomic E-state index is 11.1. The molecular weight excluding hydrogens is 226 g/mol. The first-order valence-corrected chi connectivity index (χ1v) is 6.30. The van der Waals surface area contributed by atoms with Crippen LogP contribution in [0.1, 0.15) is 10.4 Å². The molecule has 1 aliphatic rings. The second-order valence-corrected chi connectivity index (χ2v) is 5.88. The predicted molar refractivity (Wildman–Crippen MR) is 50.4 cm³/mol. The summed E-state index contributed by atoms with van der Waals surface area (Å²) >= 11 is 0. The lowest BCUT2D eigenvalue weighted by atomic mass is 10.2. The largest absolute Gasteiger partial charge is 0.373 e. The van der Waals surface area contributed by atoms with Crippen molar-refractivity contribution in [2.24, 2.45) is 5.73 Å². The Labute approximate surface area is 83.8 Å². The van der Waals surface area contributed by atoms with Gasteiger partial charge in [0, 0.05) is 15.7 Å². The minimum atomic E-state index is -3.68. The zero-order chi connectivity index (χ0) is 10.3. The fourth-order valence-corrected chi connectivity index (χ4v) is 3.56. The van der Waals surface area contributed by atoms with Gasteiger partial charge in [-0.1, -0.05) is 6.07 Å². The average Bonchev–Trinajstić information content (AvgIpc) is 1.99. The zero-order valence-corrected chi connectivity index (χ0v) is 8.39. The molecule has 1 aliphatic heterocycles. The van der Waals surface area contributed by atoms with Gasteiger partial charge in [-0.3, -0.25) is 4.79 Å². The molecule has 0 fully saturated rings. The number of nitrogens with two attached hydrogens (primary N) is 1. The van der Waals surface area contributed by atoms with Crippen molar-refractivity contribution in [1.82, 2.24) is 0 Å². The molecule has 74 valence electrons. The van der Waals surface area contributed by atoms with Crippen LogP contribution in [0.4, 0.5) is 0 Å². The van der Waals surface area contributed by atoms with Gasteiger partial charge >= 0.3 is 9.15 Å². The van der Waals surface area contributed by atoms with Crippen LogP contribution in [0.3, 0.4) is 0 Å². The summed E-state index contributed by atoms with van der Waals surface area (Å²) in [5, 5.41) is 0. The predicted octanol–water partition coefficient (Wildman–Crippen LogP) is 0.515. The molecule has 0 aliphatic carbocycles. The van der Waals surface area contributed by atoms with E-state index in [0.29, 0.717) is 15.7 Å². The summed E-state index contributed by atoms with van der Waals surface area (Å²) in [4.78, 5) is 11.3. The van der Waals surface area contributed by atoms with E-state index in [4.69, 9.17) is 5.73 Å². The molecule has 5 nitrogen and oxygen atoms in total. The van der Waals surface area contributed by atoms with E-state index in [9.17, 15) is 13.2 Å². The van der Waals surface area contributed by atoms with Crippen molar-refractivity contribution in [2.45, 2.75) is 4.90 Å². The summed E-state index contributed by atoms with van der Waals surface area (Å²) in [5.74, 6) is -0.702. The number of hydrogen-bond acceptors (Lipinski definition) is 5. The van der Waals surface area contributed by atoms with Crippen molar-refractivity contribution in [3.8, 4) is 5.75 Å². The fraction of sp³-hybridized carbons (Fsp3) is 0. The lowest BCUT2D eigenvalue weighted by molar-refractivity contribution is 0.0996. The van der Waals surface area contributed by atoms with E-state index in [-0.39, 0.29) is 11.3 Å². The maximum atomic E-state index is 11.1. The van der Waals surface area contributed by atoms with Gasteiger partial charge in [0.15, 0.2) is 5.75 Å². The third-order valence-corrected chi connectivity index (χ3v) is 4.08. The third kappa shape index (κ3) is 1.44. The van der Waals surface area contributed by atoms with Crippen molar-refractivity contribution < 1.29 is 17.4 Å². The molecule has 1 heterocycles. The maximum Gasteiger partial charge on any atom is 0.370 e. The van der Waals surface area contributed by atoms with Gasteiger partial charge in [-0.15, -0.1) is 0 Å². The summed E-state index contributed by atoms with van der Waals surface area (Å²) in [6.45, 7) is 0. The van der Waals surface area contributed by atoms with Gasteiger partial charge in [0.2, 0.25) is 0 Å². The van der Waals surface area contributed by atoms with Crippen LogP contribution < -0.4 is 9.92 Å². The van der Waals surface area contributed by atoms with Crippen LogP contribution in [0.25, 0.3) is 0 Å². The number of primary amides is 1. The van der Waals surface area contributed by atoms with Crippen LogP contribution in [-0.4, -0.2) is 14.3 Å². The second kappa shape index (κ2) is 2.89. The Balaban J connectivity index is 2.68. The van der Waals surface area contributed by atoms with Crippen LogP contribution >= 0.6 is 10.8 Å². The topological polar surface area (TPSA) is 86.5 Å². The first kappa shape index (κ1) is 9.35. The van der Waals surface area contributed by atoms with Gasteiger partial charge in [0.1, 0.15) is 0 Å². The summed E-state index contributed by atoms with van der Waals surface area (Å²) in [7, 11) is -3.20. The molecule has 0 radical (unpaired) electrons. The summed E-state index contributed by atoms with van der Waals surface area (Å²) in [5.41, 5.74) is 5.20. The van der Waals surface area contributed by atoms with Crippen LogP contribution in [0.15, 0.2) is 23.1 Å². The lowest BCUT2D eigenvalue weighted by Gasteiger charge is -2.16. The third-order valence-electron chi connectivity index (χ3n) is 1.62. The molecule has 1 amide bonds. The van der Waals surface area contributed by atoms with Gasteiger partial charge < -0.3 is 9.92 Å². The monoisotopic (exact) mass is 231 g/mol. The minimum absolute atomic E-state index is 0.00579. The molecule has 0 spiro atoms. The van der Waals surface area contributed by atoms with Crippen LogP contribution in [0.2, 0.25) is 0 Å². The van der Waals surface area contributed by atoms with Crippen molar-refractivity contribution in [3.63, 3.8) is 0 Å². The first-order chi connectivity index (χ1) is 6.49. The summed E-state index contributed by atoms with van der Waals surface area (Å²) in [6, 6.07) is 4.49. The molecule has 0 aromatic heterocycles. The molecule has 0 unspecified atom stereocenters. The van der Waals surface area contributed by atoms with Crippen LogP contribution in [0.5, 0.6) is 5.75 Å². The molecule has 7 heteroatoms.